The van der Waals surface area contributed by atoms with E-state index in [0.717, 1.165) is 43.9 Å². The summed E-state index contributed by atoms with van der Waals surface area (Å²) in [5.74, 6) is 1.13. The standard InChI is InChI=1S/C13H22N2O3/c1-9-12(10(2)18-14-9)7-15-5-3-11(4-6-15)13(17)8-16/h11,13,16-17H,3-8H2,1-2H3. The third-order valence-electron chi connectivity index (χ3n) is 3.93. The van der Waals surface area contributed by atoms with E-state index in [4.69, 9.17) is 9.63 Å². The first kappa shape index (κ1) is 13.5. The summed E-state index contributed by atoms with van der Waals surface area (Å²) in [5, 5.41) is 22.5. The molecule has 1 saturated heterocycles. The predicted octanol–water partition coefficient (Wildman–Crippen LogP) is 0.857. The molecule has 1 aliphatic heterocycles. The van der Waals surface area contributed by atoms with Gasteiger partial charge in [-0.1, -0.05) is 5.16 Å². The number of aromatic nitrogens is 1. The Bertz CT molecular complexity index is 364. The molecule has 1 fully saturated rings. The number of nitrogens with zero attached hydrogens (tertiary/aromatic N) is 2. The monoisotopic (exact) mass is 254 g/mol. The number of hydrogen-bond acceptors (Lipinski definition) is 5. The van der Waals surface area contributed by atoms with Crippen LogP contribution in [0.3, 0.4) is 0 Å². The molecule has 2 N–H and O–H groups in total. The van der Waals surface area contributed by atoms with Crippen molar-refractivity contribution < 1.29 is 14.7 Å². The van der Waals surface area contributed by atoms with Crippen LogP contribution in [-0.2, 0) is 6.54 Å². The van der Waals surface area contributed by atoms with Gasteiger partial charge in [-0.25, -0.2) is 0 Å². The van der Waals surface area contributed by atoms with Crippen molar-refractivity contribution in [3.8, 4) is 0 Å². The van der Waals surface area contributed by atoms with Gasteiger partial charge in [-0.15, -0.1) is 0 Å². The van der Waals surface area contributed by atoms with Crippen molar-refractivity contribution in [2.24, 2.45) is 5.92 Å². The molecular formula is C13H22N2O3. The number of aliphatic hydroxyl groups excluding tert-OH is 2. The van der Waals surface area contributed by atoms with Crippen molar-refractivity contribution in [1.29, 1.82) is 0 Å². The Morgan fingerprint density at radius 1 is 1.39 bits per heavy atom. The SMILES string of the molecule is Cc1noc(C)c1CN1CCC(C(O)CO)CC1. The third kappa shape index (κ3) is 2.91. The van der Waals surface area contributed by atoms with E-state index in [-0.39, 0.29) is 12.5 Å². The predicted molar refractivity (Wildman–Crippen MR) is 67.1 cm³/mol. The van der Waals surface area contributed by atoms with Gasteiger partial charge in [0, 0.05) is 12.1 Å². The van der Waals surface area contributed by atoms with E-state index < -0.39 is 6.10 Å². The highest BCUT2D eigenvalue weighted by Gasteiger charge is 2.25. The molecule has 0 radical (unpaired) electrons. The van der Waals surface area contributed by atoms with E-state index in [0.29, 0.717) is 0 Å². The number of aliphatic hydroxyl groups is 2. The lowest BCUT2D eigenvalue weighted by atomic mass is 9.91. The Labute approximate surface area is 107 Å². The number of hydrogen-bond donors (Lipinski definition) is 2. The molecule has 0 spiro atoms. The van der Waals surface area contributed by atoms with Crippen LogP contribution in [0.15, 0.2) is 4.52 Å². The Hall–Kier alpha value is -0.910. The van der Waals surface area contributed by atoms with Crippen LogP contribution in [0.5, 0.6) is 0 Å². The Balaban J connectivity index is 1.87. The van der Waals surface area contributed by atoms with Gasteiger partial charge in [0.05, 0.1) is 18.4 Å². The minimum Gasteiger partial charge on any atom is -0.394 e. The second-order valence-corrected chi connectivity index (χ2v) is 5.17. The first-order valence-corrected chi connectivity index (χ1v) is 6.55. The van der Waals surface area contributed by atoms with Gasteiger partial charge in [0.15, 0.2) is 0 Å². The first-order chi connectivity index (χ1) is 8.61. The molecule has 1 aromatic rings. The highest BCUT2D eigenvalue weighted by atomic mass is 16.5. The smallest absolute Gasteiger partial charge is 0.138 e. The molecule has 5 heteroatoms. The van der Waals surface area contributed by atoms with Crippen LogP contribution in [-0.4, -0.2) is 46.1 Å². The van der Waals surface area contributed by atoms with Crippen molar-refractivity contribution in [1.82, 2.24) is 10.1 Å². The molecule has 5 nitrogen and oxygen atoms in total. The molecule has 0 aliphatic carbocycles. The summed E-state index contributed by atoms with van der Waals surface area (Å²) in [5.41, 5.74) is 2.14. The van der Waals surface area contributed by atoms with Crippen LogP contribution in [0, 0.1) is 19.8 Å². The number of piperidine rings is 1. The van der Waals surface area contributed by atoms with Crippen molar-refractivity contribution in [2.45, 2.75) is 39.3 Å². The van der Waals surface area contributed by atoms with E-state index in [1.807, 2.05) is 13.8 Å². The minimum absolute atomic E-state index is 0.130. The summed E-state index contributed by atoms with van der Waals surface area (Å²) in [6.07, 6.45) is 1.31. The van der Waals surface area contributed by atoms with Gasteiger partial charge in [-0.3, -0.25) is 4.90 Å². The maximum absolute atomic E-state index is 9.62. The maximum Gasteiger partial charge on any atom is 0.138 e. The summed E-state index contributed by atoms with van der Waals surface area (Å²) in [7, 11) is 0. The van der Waals surface area contributed by atoms with Crippen molar-refractivity contribution in [3.05, 3.63) is 17.0 Å². The second kappa shape index (κ2) is 5.82. The topological polar surface area (TPSA) is 69.7 Å². The Kier molecular flexibility index (Phi) is 4.37. The van der Waals surface area contributed by atoms with Gasteiger partial charge in [0.1, 0.15) is 5.76 Å². The molecule has 18 heavy (non-hydrogen) atoms. The van der Waals surface area contributed by atoms with Crippen LogP contribution in [0.25, 0.3) is 0 Å². The number of likely N-dealkylation sites (tertiary alicyclic amines) is 1. The number of aryl methyl sites for hydroxylation is 2. The second-order valence-electron chi connectivity index (χ2n) is 5.17. The maximum atomic E-state index is 9.62. The van der Waals surface area contributed by atoms with Crippen LogP contribution in [0.2, 0.25) is 0 Å². The van der Waals surface area contributed by atoms with Gasteiger partial charge in [0.2, 0.25) is 0 Å². The van der Waals surface area contributed by atoms with Gasteiger partial charge < -0.3 is 14.7 Å². The zero-order valence-electron chi connectivity index (χ0n) is 11.1. The summed E-state index contributed by atoms with van der Waals surface area (Å²) in [6.45, 7) is 6.54. The van der Waals surface area contributed by atoms with Gasteiger partial charge in [-0.05, 0) is 45.7 Å². The molecule has 0 amide bonds. The average molecular weight is 254 g/mol. The van der Waals surface area contributed by atoms with Gasteiger partial charge in [0.25, 0.3) is 0 Å². The molecule has 1 aliphatic rings. The van der Waals surface area contributed by atoms with E-state index in [1.165, 1.54) is 5.56 Å². The van der Waals surface area contributed by atoms with Crippen LogP contribution in [0.4, 0.5) is 0 Å². The quantitative estimate of drug-likeness (QED) is 0.834. The summed E-state index contributed by atoms with van der Waals surface area (Å²) < 4.78 is 5.16. The molecule has 1 unspecified atom stereocenters. The summed E-state index contributed by atoms with van der Waals surface area (Å²) in [4.78, 5) is 2.35. The lowest BCUT2D eigenvalue weighted by Gasteiger charge is -2.33. The molecule has 0 bridgehead atoms. The molecule has 102 valence electrons. The molecule has 0 saturated carbocycles. The zero-order chi connectivity index (χ0) is 13.1. The molecule has 1 atom stereocenters. The van der Waals surface area contributed by atoms with E-state index in [2.05, 4.69) is 10.1 Å². The van der Waals surface area contributed by atoms with Crippen LogP contribution < -0.4 is 0 Å². The van der Waals surface area contributed by atoms with Crippen molar-refractivity contribution in [2.75, 3.05) is 19.7 Å². The fourth-order valence-electron chi connectivity index (χ4n) is 2.60. The average Bonchev–Trinajstić information content (AvgIpc) is 2.70. The highest BCUT2D eigenvalue weighted by molar-refractivity contribution is 5.20. The molecule has 0 aromatic carbocycles. The van der Waals surface area contributed by atoms with E-state index in [9.17, 15) is 5.11 Å². The van der Waals surface area contributed by atoms with Gasteiger partial charge in [-0.2, -0.15) is 0 Å². The minimum atomic E-state index is -0.564. The molecule has 2 rings (SSSR count). The molecular weight excluding hydrogens is 232 g/mol. The van der Waals surface area contributed by atoms with Crippen LogP contribution in [0.1, 0.15) is 29.9 Å². The lowest BCUT2D eigenvalue weighted by Crippen LogP contribution is -2.38. The number of rotatable bonds is 4. The van der Waals surface area contributed by atoms with Crippen LogP contribution >= 0.6 is 0 Å². The normalized spacial score (nSPS) is 20.2. The van der Waals surface area contributed by atoms with E-state index in [1.54, 1.807) is 0 Å². The fourth-order valence-corrected chi connectivity index (χ4v) is 2.60. The Morgan fingerprint density at radius 2 is 2.06 bits per heavy atom. The van der Waals surface area contributed by atoms with E-state index >= 15 is 0 Å². The highest BCUT2D eigenvalue weighted by Crippen LogP contribution is 2.23. The summed E-state index contributed by atoms with van der Waals surface area (Å²) >= 11 is 0. The molecule has 2 heterocycles. The summed E-state index contributed by atoms with van der Waals surface area (Å²) in [6, 6.07) is 0. The molecule has 1 aromatic heterocycles. The fraction of sp³-hybridized carbons (Fsp3) is 0.769. The Morgan fingerprint density at radius 3 is 2.56 bits per heavy atom. The van der Waals surface area contributed by atoms with Gasteiger partial charge >= 0.3 is 0 Å². The first-order valence-electron chi connectivity index (χ1n) is 6.55. The third-order valence-corrected chi connectivity index (χ3v) is 3.93. The zero-order valence-corrected chi connectivity index (χ0v) is 11.1. The van der Waals surface area contributed by atoms with Crippen molar-refractivity contribution >= 4 is 0 Å². The largest absolute Gasteiger partial charge is 0.394 e. The van der Waals surface area contributed by atoms with Crippen molar-refractivity contribution in [3.63, 3.8) is 0 Å². The lowest BCUT2D eigenvalue weighted by molar-refractivity contribution is 0.0171.